The third-order valence-corrected chi connectivity index (χ3v) is 5.84. The summed E-state index contributed by atoms with van der Waals surface area (Å²) in [5.74, 6) is -1.13. The molecule has 2 aliphatic heterocycles. The zero-order valence-corrected chi connectivity index (χ0v) is 13.0. The lowest BCUT2D eigenvalue weighted by Crippen LogP contribution is -2.47. The smallest absolute Gasteiger partial charge is 0.239 e. The van der Waals surface area contributed by atoms with Crippen LogP contribution in [0.15, 0.2) is 30.3 Å². The van der Waals surface area contributed by atoms with Crippen molar-refractivity contribution in [3.63, 3.8) is 0 Å². The Kier molecular flexibility index (Phi) is 3.90. The van der Waals surface area contributed by atoms with Crippen LogP contribution in [0.3, 0.4) is 0 Å². The zero-order chi connectivity index (χ0) is 15.7. The third-order valence-electron chi connectivity index (χ3n) is 4.23. The Morgan fingerprint density at radius 2 is 1.68 bits per heavy atom. The standard InChI is InChI=1S/C15H18N2O4S/c18-14(16-8-10-22(20,21)11-9-16)13-6-7-17(15(13)19)12-4-2-1-3-5-12/h1-5,13H,6-11H2. The highest BCUT2D eigenvalue weighted by molar-refractivity contribution is 7.91. The summed E-state index contributed by atoms with van der Waals surface area (Å²) in [7, 11) is -3.03. The molecule has 2 amide bonds. The van der Waals surface area contributed by atoms with Gasteiger partial charge in [-0.3, -0.25) is 9.59 Å². The first-order valence-corrected chi connectivity index (χ1v) is 9.16. The van der Waals surface area contributed by atoms with Gasteiger partial charge in [-0.25, -0.2) is 8.42 Å². The molecule has 0 aliphatic carbocycles. The van der Waals surface area contributed by atoms with Crippen LogP contribution in [0.1, 0.15) is 6.42 Å². The van der Waals surface area contributed by atoms with E-state index in [-0.39, 0.29) is 36.4 Å². The number of para-hydroxylation sites is 1. The van der Waals surface area contributed by atoms with E-state index in [0.717, 1.165) is 5.69 Å². The quantitative estimate of drug-likeness (QED) is 0.734. The minimum atomic E-state index is -3.03. The van der Waals surface area contributed by atoms with Gasteiger partial charge >= 0.3 is 0 Å². The highest BCUT2D eigenvalue weighted by Crippen LogP contribution is 2.26. The van der Waals surface area contributed by atoms with Crippen molar-refractivity contribution in [2.24, 2.45) is 5.92 Å². The lowest BCUT2D eigenvalue weighted by Gasteiger charge is -2.28. The predicted molar refractivity (Wildman–Crippen MR) is 82.1 cm³/mol. The van der Waals surface area contributed by atoms with Crippen LogP contribution in [0.2, 0.25) is 0 Å². The zero-order valence-electron chi connectivity index (χ0n) is 12.1. The van der Waals surface area contributed by atoms with E-state index in [1.165, 1.54) is 4.90 Å². The first-order valence-electron chi connectivity index (χ1n) is 7.33. The number of sulfone groups is 1. The van der Waals surface area contributed by atoms with Crippen molar-refractivity contribution in [2.75, 3.05) is 36.0 Å². The Hall–Kier alpha value is -1.89. The number of carbonyl (C=O) groups is 2. The molecule has 0 aromatic heterocycles. The molecule has 1 aromatic carbocycles. The molecular formula is C15H18N2O4S. The van der Waals surface area contributed by atoms with Crippen LogP contribution >= 0.6 is 0 Å². The predicted octanol–water partition coefficient (Wildman–Crippen LogP) is 0.296. The average Bonchev–Trinajstić information content (AvgIpc) is 2.89. The molecule has 1 atom stereocenters. The van der Waals surface area contributed by atoms with Crippen molar-refractivity contribution in [1.29, 1.82) is 0 Å². The molecule has 1 aromatic rings. The van der Waals surface area contributed by atoms with Gasteiger partial charge in [-0.15, -0.1) is 0 Å². The first kappa shape index (κ1) is 15.0. The van der Waals surface area contributed by atoms with Gasteiger partial charge in [0.05, 0.1) is 11.5 Å². The van der Waals surface area contributed by atoms with E-state index in [2.05, 4.69) is 0 Å². The van der Waals surface area contributed by atoms with Gasteiger partial charge < -0.3 is 9.80 Å². The minimum absolute atomic E-state index is 0.0119. The molecule has 0 bridgehead atoms. The summed E-state index contributed by atoms with van der Waals surface area (Å²) >= 11 is 0. The van der Waals surface area contributed by atoms with Crippen molar-refractivity contribution >= 4 is 27.3 Å². The largest absolute Gasteiger partial charge is 0.340 e. The monoisotopic (exact) mass is 322 g/mol. The first-order chi connectivity index (χ1) is 10.5. The number of benzene rings is 1. The summed E-state index contributed by atoms with van der Waals surface area (Å²) in [5.41, 5.74) is 0.795. The van der Waals surface area contributed by atoms with E-state index in [9.17, 15) is 18.0 Å². The topological polar surface area (TPSA) is 74.8 Å². The summed E-state index contributed by atoms with van der Waals surface area (Å²) in [5, 5.41) is 0. The molecule has 0 saturated carbocycles. The maximum Gasteiger partial charge on any atom is 0.239 e. The molecule has 0 N–H and O–H groups in total. The molecule has 3 rings (SSSR count). The Bertz CT molecular complexity index is 673. The van der Waals surface area contributed by atoms with E-state index >= 15 is 0 Å². The summed E-state index contributed by atoms with van der Waals surface area (Å²) in [6.45, 7) is 0.901. The fraction of sp³-hybridized carbons (Fsp3) is 0.467. The van der Waals surface area contributed by atoms with E-state index in [4.69, 9.17) is 0 Å². The van der Waals surface area contributed by atoms with Crippen LogP contribution in [0.4, 0.5) is 5.69 Å². The number of amides is 2. The van der Waals surface area contributed by atoms with Crippen LogP contribution in [0, 0.1) is 5.92 Å². The van der Waals surface area contributed by atoms with E-state index in [0.29, 0.717) is 13.0 Å². The van der Waals surface area contributed by atoms with E-state index in [1.807, 2.05) is 30.3 Å². The second-order valence-electron chi connectivity index (χ2n) is 5.64. The highest BCUT2D eigenvalue weighted by atomic mass is 32.2. The molecule has 2 saturated heterocycles. The van der Waals surface area contributed by atoms with Gasteiger partial charge in [0.15, 0.2) is 9.84 Å². The fourth-order valence-electron chi connectivity index (χ4n) is 2.93. The van der Waals surface area contributed by atoms with Gasteiger partial charge in [0.1, 0.15) is 5.92 Å². The van der Waals surface area contributed by atoms with Crippen LogP contribution in [-0.2, 0) is 19.4 Å². The molecule has 7 heteroatoms. The summed E-state index contributed by atoms with van der Waals surface area (Å²) in [6.07, 6.45) is 0.482. The summed E-state index contributed by atoms with van der Waals surface area (Å²) in [6, 6.07) is 9.28. The van der Waals surface area contributed by atoms with Gasteiger partial charge in [-0.05, 0) is 18.6 Å². The molecule has 2 heterocycles. The maximum atomic E-state index is 12.5. The van der Waals surface area contributed by atoms with Crippen molar-refractivity contribution in [3.8, 4) is 0 Å². The Morgan fingerprint density at radius 1 is 1.05 bits per heavy atom. The van der Waals surface area contributed by atoms with Crippen molar-refractivity contribution in [2.45, 2.75) is 6.42 Å². The number of rotatable bonds is 2. The van der Waals surface area contributed by atoms with E-state index < -0.39 is 15.8 Å². The Labute approximate surface area is 129 Å². The highest BCUT2D eigenvalue weighted by Gasteiger charge is 2.40. The molecule has 1 unspecified atom stereocenters. The van der Waals surface area contributed by atoms with Gasteiger partial charge in [0.2, 0.25) is 11.8 Å². The van der Waals surface area contributed by atoms with Gasteiger partial charge in [-0.2, -0.15) is 0 Å². The number of carbonyl (C=O) groups excluding carboxylic acids is 2. The molecule has 2 aliphatic rings. The third kappa shape index (κ3) is 2.85. The second-order valence-corrected chi connectivity index (χ2v) is 7.95. The summed E-state index contributed by atoms with van der Waals surface area (Å²) < 4.78 is 22.9. The molecular weight excluding hydrogens is 304 g/mol. The Morgan fingerprint density at radius 3 is 2.32 bits per heavy atom. The fourth-order valence-corrected chi connectivity index (χ4v) is 4.13. The van der Waals surface area contributed by atoms with Crippen molar-refractivity contribution in [1.82, 2.24) is 4.90 Å². The molecule has 0 spiro atoms. The molecule has 118 valence electrons. The number of anilines is 1. The number of hydrogen-bond acceptors (Lipinski definition) is 4. The molecule has 6 nitrogen and oxygen atoms in total. The van der Waals surface area contributed by atoms with Gasteiger partial charge in [-0.1, -0.05) is 18.2 Å². The van der Waals surface area contributed by atoms with Crippen molar-refractivity contribution in [3.05, 3.63) is 30.3 Å². The van der Waals surface area contributed by atoms with Crippen LogP contribution in [0.25, 0.3) is 0 Å². The minimum Gasteiger partial charge on any atom is -0.340 e. The van der Waals surface area contributed by atoms with Gasteiger partial charge in [0, 0.05) is 25.3 Å². The summed E-state index contributed by atoms with van der Waals surface area (Å²) in [4.78, 5) is 28.1. The van der Waals surface area contributed by atoms with Crippen LogP contribution in [0.5, 0.6) is 0 Å². The van der Waals surface area contributed by atoms with Crippen molar-refractivity contribution < 1.29 is 18.0 Å². The Balaban J connectivity index is 1.69. The molecule has 22 heavy (non-hydrogen) atoms. The lowest BCUT2D eigenvalue weighted by atomic mass is 10.1. The van der Waals surface area contributed by atoms with Crippen LogP contribution < -0.4 is 4.90 Å². The van der Waals surface area contributed by atoms with Gasteiger partial charge in [0.25, 0.3) is 0 Å². The second kappa shape index (κ2) is 5.72. The number of hydrogen-bond donors (Lipinski definition) is 0. The maximum absolute atomic E-state index is 12.5. The van der Waals surface area contributed by atoms with E-state index in [1.54, 1.807) is 4.90 Å². The molecule has 0 radical (unpaired) electrons. The lowest BCUT2D eigenvalue weighted by molar-refractivity contribution is -0.139. The normalized spacial score (nSPS) is 24.5. The average molecular weight is 322 g/mol. The molecule has 2 fully saturated rings. The SMILES string of the molecule is O=C(C1CCN(c2ccccc2)C1=O)N1CCS(=O)(=O)CC1. The number of nitrogens with zero attached hydrogens (tertiary/aromatic N) is 2. The van der Waals surface area contributed by atoms with Crippen LogP contribution in [-0.4, -0.2) is 56.3 Å².